The fourth-order valence-corrected chi connectivity index (χ4v) is 1.44. The second kappa shape index (κ2) is 8.71. The summed E-state index contributed by atoms with van der Waals surface area (Å²) >= 11 is 0. The zero-order valence-corrected chi connectivity index (χ0v) is 11.9. The average Bonchev–Trinajstić information content (AvgIpc) is 2.44. The van der Waals surface area contributed by atoms with E-state index in [1.54, 1.807) is 6.08 Å². The highest BCUT2D eigenvalue weighted by molar-refractivity contribution is 5.93. The van der Waals surface area contributed by atoms with E-state index in [9.17, 15) is 4.79 Å². The van der Waals surface area contributed by atoms with Crippen molar-refractivity contribution in [1.29, 1.82) is 5.26 Å². The fourth-order valence-electron chi connectivity index (χ4n) is 1.44. The number of benzene rings is 1. The van der Waals surface area contributed by atoms with Gasteiger partial charge in [-0.25, -0.2) is 4.79 Å². The molecule has 1 rings (SSSR count). The molecule has 0 radical (unpaired) electrons. The predicted molar refractivity (Wildman–Crippen MR) is 79.6 cm³/mol. The van der Waals surface area contributed by atoms with Gasteiger partial charge in [-0.2, -0.15) is 5.26 Å². The molecule has 0 aliphatic carbocycles. The maximum absolute atomic E-state index is 11.7. The molecule has 0 aromatic heterocycles. The molecule has 1 aromatic rings. The van der Waals surface area contributed by atoms with Gasteiger partial charge >= 0.3 is 5.97 Å². The van der Waals surface area contributed by atoms with Crippen LogP contribution in [0.5, 0.6) is 0 Å². The molecule has 104 valence electrons. The van der Waals surface area contributed by atoms with E-state index in [4.69, 9.17) is 10.00 Å². The van der Waals surface area contributed by atoms with Crippen molar-refractivity contribution < 1.29 is 9.53 Å². The van der Waals surface area contributed by atoms with Crippen LogP contribution in [-0.4, -0.2) is 12.6 Å². The summed E-state index contributed by atoms with van der Waals surface area (Å²) in [5.74, 6) is -0.0962. The fraction of sp³-hybridized carbons (Fsp3) is 0.294. The zero-order valence-electron chi connectivity index (χ0n) is 11.9. The monoisotopic (exact) mass is 269 g/mol. The minimum Gasteiger partial charge on any atom is -0.462 e. The molecule has 20 heavy (non-hydrogen) atoms. The number of hydrogen-bond acceptors (Lipinski definition) is 3. The molecule has 0 aliphatic rings. The molecule has 0 bridgehead atoms. The molecule has 3 nitrogen and oxygen atoms in total. The lowest BCUT2D eigenvalue weighted by Gasteiger charge is -2.05. The third-order valence-corrected chi connectivity index (χ3v) is 2.62. The van der Waals surface area contributed by atoms with Gasteiger partial charge in [0.2, 0.25) is 0 Å². The molecule has 0 spiro atoms. The van der Waals surface area contributed by atoms with Gasteiger partial charge in [-0.15, -0.1) is 0 Å². The second-order valence-electron chi connectivity index (χ2n) is 4.78. The topological polar surface area (TPSA) is 50.1 Å². The summed E-state index contributed by atoms with van der Waals surface area (Å²) < 4.78 is 5.05. The van der Waals surface area contributed by atoms with Crippen molar-refractivity contribution in [3.8, 4) is 6.07 Å². The van der Waals surface area contributed by atoms with Crippen LogP contribution in [0.3, 0.4) is 0 Å². The highest BCUT2D eigenvalue weighted by Crippen LogP contribution is 2.05. The molecule has 0 atom stereocenters. The van der Waals surface area contributed by atoms with Gasteiger partial charge in [-0.1, -0.05) is 56.3 Å². The molecular weight excluding hydrogens is 250 g/mol. The van der Waals surface area contributed by atoms with Gasteiger partial charge in [0, 0.05) is 0 Å². The van der Waals surface area contributed by atoms with Crippen LogP contribution in [0.4, 0.5) is 0 Å². The summed E-state index contributed by atoms with van der Waals surface area (Å²) in [7, 11) is 0. The SMILES string of the molecule is CC(C)CCOC(=O)/C(C#N)=C/C=C/c1ccccc1. The Balaban J connectivity index is 2.57. The Morgan fingerprint density at radius 3 is 2.65 bits per heavy atom. The number of nitriles is 1. The summed E-state index contributed by atoms with van der Waals surface area (Å²) in [6.45, 7) is 4.45. The maximum Gasteiger partial charge on any atom is 0.348 e. The van der Waals surface area contributed by atoms with Crippen LogP contribution < -0.4 is 0 Å². The van der Waals surface area contributed by atoms with Crippen molar-refractivity contribution in [3.05, 3.63) is 53.6 Å². The quantitative estimate of drug-likeness (QED) is 0.342. The number of allylic oxidation sites excluding steroid dienone is 2. The largest absolute Gasteiger partial charge is 0.462 e. The molecule has 0 saturated carbocycles. The van der Waals surface area contributed by atoms with Crippen molar-refractivity contribution in [3.63, 3.8) is 0 Å². The minimum atomic E-state index is -0.564. The minimum absolute atomic E-state index is 0.0148. The first-order valence-corrected chi connectivity index (χ1v) is 6.64. The van der Waals surface area contributed by atoms with Crippen LogP contribution in [0.15, 0.2) is 48.1 Å². The van der Waals surface area contributed by atoms with Crippen LogP contribution >= 0.6 is 0 Å². The van der Waals surface area contributed by atoms with Gasteiger partial charge in [0.1, 0.15) is 11.6 Å². The summed E-state index contributed by atoms with van der Waals surface area (Å²) in [4.78, 5) is 11.7. The van der Waals surface area contributed by atoms with E-state index in [0.29, 0.717) is 12.5 Å². The summed E-state index contributed by atoms with van der Waals surface area (Å²) in [6.07, 6.45) is 5.78. The van der Waals surface area contributed by atoms with Crippen molar-refractivity contribution in [2.24, 2.45) is 5.92 Å². The van der Waals surface area contributed by atoms with Gasteiger partial charge in [-0.3, -0.25) is 0 Å². The summed E-state index contributed by atoms with van der Waals surface area (Å²) in [6, 6.07) is 11.5. The molecule has 0 aliphatic heterocycles. The number of ether oxygens (including phenoxy) is 1. The molecule has 1 aromatic carbocycles. The third kappa shape index (κ3) is 6.01. The van der Waals surface area contributed by atoms with Crippen LogP contribution in [0.2, 0.25) is 0 Å². The number of carbonyl (C=O) groups excluding carboxylic acids is 1. The van der Waals surface area contributed by atoms with Crippen molar-refractivity contribution in [2.45, 2.75) is 20.3 Å². The lowest BCUT2D eigenvalue weighted by atomic mass is 10.1. The molecular formula is C17H19NO2. The van der Waals surface area contributed by atoms with E-state index >= 15 is 0 Å². The second-order valence-corrected chi connectivity index (χ2v) is 4.78. The van der Waals surface area contributed by atoms with Gasteiger partial charge in [0.05, 0.1) is 6.61 Å². The maximum atomic E-state index is 11.7. The average molecular weight is 269 g/mol. The number of hydrogen-bond donors (Lipinski definition) is 0. The van der Waals surface area contributed by atoms with Crippen molar-refractivity contribution >= 4 is 12.0 Å². The van der Waals surface area contributed by atoms with Crippen molar-refractivity contribution in [2.75, 3.05) is 6.61 Å². The standard InChI is InChI=1S/C17H19NO2/c1-14(2)11-12-20-17(19)16(13-18)10-6-9-15-7-4-3-5-8-15/h3-10,14H,11-12H2,1-2H3/b9-6+,16-10+. The molecule has 0 unspecified atom stereocenters. The molecule has 0 fully saturated rings. The molecule has 0 heterocycles. The van der Waals surface area contributed by atoms with E-state index in [-0.39, 0.29) is 5.57 Å². The highest BCUT2D eigenvalue weighted by Gasteiger charge is 2.09. The van der Waals surface area contributed by atoms with Gasteiger partial charge in [0.25, 0.3) is 0 Å². The number of esters is 1. The van der Waals surface area contributed by atoms with Gasteiger partial charge in [-0.05, 0) is 24.0 Å². The molecule has 3 heteroatoms. The number of carbonyl (C=O) groups is 1. The number of rotatable bonds is 6. The molecule has 0 N–H and O–H groups in total. The molecule has 0 amide bonds. The van der Waals surface area contributed by atoms with E-state index in [1.807, 2.05) is 42.5 Å². The molecule has 0 saturated heterocycles. The number of nitrogens with zero attached hydrogens (tertiary/aromatic N) is 1. The van der Waals surface area contributed by atoms with Crippen LogP contribution in [-0.2, 0) is 9.53 Å². The first-order valence-electron chi connectivity index (χ1n) is 6.64. The van der Waals surface area contributed by atoms with Crippen LogP contribution in [0.25, 0.3) is 6.08 Å². The third-order valence-electron chi connectivity index (χ3n) is 2.62. The first-order chi connectivity index (χ1) is 9.63. The summed E-state index contributed by atoms with van der Waals surface area (Å²) in [5, 5.41) is 8.95. The lowest BCUT2D eigenvalue weighted by Crippen LogP contribution is -2.09. The Kier molecular flexibility index (Phi) is 6.84. The Morgan fingerprint density at radius 1 is 1.35 bits per heavy atom. The Hall–Kier alpha value is -2.34. The highest BCUT2D eigenvalue weighted by atomic mass is 16.5. The Bertz CT molecular complexity index is 522. The van der Waals surface area contributed by atoms with Gasteiger partial charge in [0.15, 0.2) is 0 Å². The van der Waals surface area contributed by atoms with E-state index in [2.05, 4.69) is 13.8 Å². The first kappa shape index (κ1) is 15.7. The van der Waals surface area contributed by atoms with E-state index in [1.165, 1.54) is 6.08 Å². The lowest BCUT2D eigenvalue weighted by molar-refractivity contribution is -0.138. The Morgan fingerprint density at radius 2 is 2.05 bits per heavy atom. The van der Waals surface area contributed by atoms with Crippen LogP contribution in [0.1, 0.15) is 25.8 Å². The van der Waals surface area contributed by atoms with Gasteiger partial charge < -0.3 is 4.74 Å². The van der Waals surface area contributed by atoms with Crippen LogP contribution in [0, 0.1) is 17.2 Å². The summed E-state index contributed by atoms with van der Waals surface area (Å²) in [5.41, 5.74) is 1.02. The normalized spacial score (nSPS) is 11.6. The van der Waals surface area contributed by atoms with E-state index in [0.717, 1.165) is 12.0 Å². The smallest absolute Gasteiger partial charge is 0.348 e. The predicted octanol–water partition coefficient (Wildman–Crippen LogP) is 3.74. The Labute approximate surface area is 120 Å². The van der Waals surface area contributed by atoms with E-state index < -0.39 is 5.97 Å². The zero-order chi connectivity index (χ0) is 14.8. The van der Waals surface area contributed by atoms with Crippen molar-refractivity contribution in [1.82, 2.24) is 0 Å².